The maximum Gasteiger partial charge on any atom is 0.126 e. The van der Waals surface area contributed by atoms with Crippen LogP contribution in [0.5, 0.6) is 5.75 Å². The van der Waals surface area contributed by atoms with Crippen LogP contribution in [0.1, 0.15) is 5.56 Å². The zero-order valence-corrected chi connectivity index (χ0v) is 11.8. The van der Waals surface area contributed by atoms with Crippen LogP contribution in [-0.4, -0.2) is 6.61 Å². The number of ether oxygens (including phenoxy) is 1. The molecule has 0 N–H and O–H groups in total. The van der Waals surface area contributed by atoms with E-state index in [0.29, 0.717) is 6.61 Å². The summed E-state index contributed by atoms with van der Waals surface area (Å²) in [6, 6.07) is 8.03. The Labute approximate surface area is 118 Å². The Kier molecular flexibility index (Phi) is 9.98. The third kappa shape index (κ3) is 4.15. The van der Waals surface area contributed by atoms with E-state index in [1.165, 1.54) is 5.56 Å². The van der Waals surface area contributed by atoms with Crippen molar-refractivity contribution in [1.29, 1.82) is 0 Å². The fourth-order valence-electron chi connectivity index (χ4n) is 1.06. The third-order valence-corrected chi connectivity index (χ3v) is 1.55. The van der Waals surface area contributed by atoms with Crippen molar-refractivity contribution in [2.45, 2.75) is 0 Å². The molecule has 0 amide bonds. The van der Waals surface area contributed by atoms with Gasteiger partial charge in [-0.3, -0.25) is 0 Å². The molecular formula is C9H8AuCoMoO. The predicted octanol–water partition coefficient (Wildman–Crippen LogP) is 2.08. The third-order valence-electron chi connectivity index (χ3n) is 1.55. The molecule has 2 radical (unpaired) electrons. The molecule has 0 spiro atoms. The summed E-state index contributed by atoms with van der Waals surface area (Å²) in [7, 11) is 0. The van der Waals surface area contributed by atoms with Gasteiger partial charge in [-0.2, -0.15) is 0 Å². The van der Waals surface area contributed by atoms with E-state index in [0.717, 1.165) is 5.75 Å². The Morgan fingerprint density at radius 1 is 1.15 bits per heavy atom. The van der Waals surface area contributed by atoms with E-state index in [4.69, 9.17) is 4.74 Å². The molecule has 1 nitrogen and oxygen atoms in total. The predicted molar refractivity (Wildman–Crippen MR) is 41.0 cm³/mol. The summed E-state index contributed by atoms with van der Waals surface area (Å²) in [6.45, 7) is 0.705. The van der Waals surface area contributed by atoms with Gasteiger partial charge in [-0.15, -0.1) is 0 Å². The molecule has 0 saturated carbocycles. The van der Waals surface area contributed by atoms with E-state index < -0.39 is 0 Å². The van der Waals surface area contributed by atoms with Crippen LogP contribution in [0.25, 0.3) is 6.08 Å². The Balaban J connectivity index is 0. The standard InChI is InChI=1S/C9H8O.Au.Co.Mo/c1-2-6-9-8(4-1)5-3-7-10-9;;;/h1-6H,7H2;;;. The molecule has 0 aliphatic carbocycles. The van der Waals surface area contributed by atoms with Gasteiger partial charge in [0.2, 0.25) is 0 Å². The average Bonchev–Trinajstić information content (AvgIpc) is 2.05. The molecule has 4 heteroatoms. The summed E-state index contributed by atoms with van der Waals surface area (Å²) >= 11 is 0. The van der Waals surface area contributed by atoms with Gasteiger partial charge in [-0.25, -0.2) is 0 Å². The molecule has 2 rings (SSSR count). The van der Waals surface area contributed by atoms with E-state index in [-0.39, 0.29) is 60.2 Å². The molecule has 1 aromatic rings. The number of para-hydroxylation sites is 1. The van der Waals surface area contributed by atoms with Crippen molar-refractivity contribution in [2.24, 2.45) is 0 Å². The molecule has 0 bridgehead atoms. The van der Waals surface area contributed by atoms with E-state index in [1.54, 1.807) is 0 Å². The molecule has 0 fully saturated rings. The van der Waals surface area contributed by atoms with Gasteiger partial charge in [0.1, 0.15) is 12.4 Å². The molecule has 0 unspecified atom stereocenters. The first-order valence-corrected chi connectivity index (χ1v) is 3.35. The molecule has 1 aromatic carbocycles. The molecular weight excluding hydrogens is 476 g/mol. The van der Waals surface area contributed by atoms with Gasteiger partial charge in [0.05, 0.1) is 0 Å². The first-order chi connectivity index (χ1) is 4.97. The van der Waals surface area contributed by atoms with Crippen LogP contribution in [-0.2, 0) is 60.2 Å². The average molecular weight is 484 g/mol. The van der Waals surface area contributed by atoms with Crippen molar-refractivity contribution in [3.05, 3.63) is 35.9 Å². The van der Waals surface area contributed by atoms with Crippen LogP contribution in [0, 0.1) is 0 Å². The maximum absolute atomic E-state index is 5.34. The summed E-state index contributed by atoms with van der Waals surface area (Å²) in [5.74, 6) is 0.991. The van der Waals surface area contributed by atoms with Crippen LogP contribution in [0.4, 0.5) is 0 Å². The zero-order valence-electron chi connectivity index (χ0n) is 6.62. The van der Waals surface area contributed by atoms with Crippen molar-refractivity contribution in [2.75, 3.05) is 6.61 Å². The van der Waals surface area contributed by atoms with Crippen LogP contribution in [0.2, 0.25) is 0 Å². The second-order valence-electron chi connectivity index (χ2n) is 2.25. The number of rotatable bonds is 0. The number of hydrogen-bond acceptors (Lipinski definition) is 1. The van der Waals surface area contributed by atoms with E-state index in [1.807, 2.05) is 30.3 Å². The Bertz CT molecular complexity index is 278. The summed E-state index contributed by atoms with van der Waals surface area (Å²) in [5, 5.41) is 0. The minimum Gasteiger partial charge on any atom is -0.489 e. The largest absolute Gasteiger partial charge is 0.489 e. The minimum atomic E-state index is 0. The van der Waals surface area contributed by atoms with Crippen molar-refractivity contribution in [3.8, 4) is 5.75 Å². The van der Waals surface area contributed by atoms with Gasteiger partial charge in [-0.05, 0) is 12.1 Å². The van der Waals surface area contributed by atoms with Gasteiger partial charge in [0.25, 0.3) is 0 Å². The SMILES string of the molecule is C1=Cc2ccccc2OC1.[Au].[Co].[Mo]. The number of hydrogen-bond donors (Lipinski definition) is 0. The number of fused-ring (bicyclic) bond motifs is 1. The maximum atomic E-state index is 5.34. The number of benzene rings is 1. The molecule has 0 saturated heterocycles. The topological polar surface area (TPSA) is 9.23 Å². The van der Waals surface area contributed by atoms with Gasteiger partial charge < -0.3 is 4.74 Å². The van der Waals surface area contributed by atoms with Crippen LogP contribution in [0.3, 0.4) is 0 Å². The molecule has 1 aliphatic heterocycles. The zero-order chi connectivity index (χ0) is 6.81. The molecule has 1 aliphatic rings. The second kappa shape index (κ2) is 8.04. The quantitative estimate of drug-likeness (QED) is 0.513. The van der Waals surface area contributed by atoms with Gasteiger partial charge >= 0.3 is 0 Å². The van der Waals surface area contributed by atoms with E-state index in [2.05, 4.69) is 6.08 Å². The molecule has 0 atom stereocenters. The van der Waals surface area contributed by atoms with E-state index in [9.17, 15) is 0 Å². The second-order valence-corrected chi connectivity index (χ2v) is 2.25. The Morgan fingerprint density at radius 2 is 1.85 bits per heavy atom. The van der Waals surface area contributed by atoms with E-state index >= 15 is 0 Å². The van der Waals surface area contributed by atoms with Gasteiger partial charge in [0, 0.05) is 65.8 Å². The van der Waals surface area contributed by atoms with Crippen molar-refractivity contribution < 1.29 is 65.0 Å². The first-order valence-electron chi connectivity index (χ1n) is 3.35. The van der Waals surface area contributed by atoms with Crippen molar-refractivity contribution in [1.82, 2.24) is 0 Å². The summed E-state index contributed by atoms with van der Waals surface area (Å²) in [5.41, 5.74) is 1.17. The van der Waals surface area contributed by atoms with Crippen LogP contribution >= 0.6 is 0 Å². The molecule has 76 valence electrons. The summed E-state index contributed by atoms with van der Waals surface area (Å²) in [6.07, 6.45) is 4.10. The monoisotopic (exact) mass is 486 g/mol. The Hall–Kier alpha value is 0.695. The Morgan fingerprint density at radius 3 is 2.54 bits per heavy atom. The normalized spacial score (nSPS) is 10.8. The summed E-state index contributed by atoms with van der Waals surface area (Å²) in [4.78, 5) is 0. The fraction of sp³-hybridized carbons (Fsp3) is 0.111. The van der Waals surface area contributed by atoms with Crippen LogP contribution < -0.4 is 4.74 Å². The molecule has 1 heterocycles. The van der Waals surface area contributed by atoms with Gasteiger partial charge in [-0.1, -0.05) is 24.3 Å². The van der Waals surface area contributed by atoms with Crippen molar-refractivity contribution in [3.63, 3.8) is 0 Å². The van der Waals surface area contributed by atoms with Gasteiger partial charge in [0.15, 0.2) is 0 Å². The molecule has 13 heavy (non-hydrogen) atoms. The summed E-state index contributed by atoms with van der Waals surface area (Å²) < 4.78 is 5.34. The molecule has 0 aromatic heterocycles. The van der Waals surface area contributed by atoms with Crippen molar-refractivity contribution >= 4 is 6.08 Å². The first kappa shape index (κ1) is 16.1. The van der Waals surface area contributed by atoms with Crippen LogP contribution in [0.15, 0.2) is 30.3 Å². The minimum absolute atomic E-state index is 0. The smallest absolute Gasteiger partial charge is 0.126 e. The fourth-order valence-corrected chi connectivity index (χ4v) is 1.06.